The summed E-state index contributed by atoms with van der Waals surface area (Å²) in [5.41, 5.74) is 15.4. The van der Waals surface area contributed by atoms with Crippen LogP contribution in [0.3, 0.4) is 0 Å². The molecule has 26 heavy (non-hydrogen) atoms. The molecule has 1 unspecified atom stereocenters. The fourth-order valence-corrected chi connectivity index (χ4v) is 3.16. The Bertz CT molecular complexity index is 1040. The first-order valence-corrected chi connectivity index (χ1v) is 8.37. The van der Waals surface area contributed by atoms with E-state index < -0.39 is 5.79 Å². The molecule has 0 fully saturated rings. The highest BCUT2D eigenvalue weighted by atomic mass is 19.1. The van der Waals surface area contributed by atoms with Gasteiger partial charge in [-0.2, -0.15) is 0 Å². The fraction of sp³-hybridized carbons (Fsp3) is 0.158. The first-order valence-electron chi connectivity index (χ1n) is 8.37. The minimum atomic E-state index is -1.15. The Balaban J connectivity index is 1.83. The van der Waals surface area contributed by atoms with Crippen molar-refractivity contribution in [3.63, 3.8) is 0 Å². The molecule has 4 rings (SSSR count). The molecule has 0 amide bonds. The van der Waals surface area contributed by atoms with Crippen molar-refractivity contribution in [2.45, 2.75) is 19.1 Å². The molecule has 1 aromatic heterocycles. The Morgan fingerprint density at radius 3 is 2.65 bits per heavy atom. The zero-order valence-corrected chi connectivity index (χ0v) is 14.3. The van der Waals surface area contributed by atoms with Crippen molar-refractivity contribution in [2.75, 3.05) is 0 Å². The normalized spacial score (nSPS) is 19.8. The number of rotatable bonds is 3. The summed E-state index contributed by atoms with van der Waals surface area (Å²) in [5, 5.41) is 3.12. The number of hydrogen-bond donors (Lipinski definition) is 3. The molecule has 7 heteroatoms. The SMILES string of the molecule is CCc1nc2ccc(F)cc2n1C1=CNC(N)(c2ccccc2)N=C1N. The summed E-state index contributed by atoms with van der Waals surface area (Å²) < 4.78 is 15.6. The first kappa shape index (κ1) is 16.3. The van der Waals surface area contributed by atoms with Gasteiger partial charge in [-0.05, 0) is 12.1 Å². The molecular weight excluding hydrogens is 331 g/mol. The highest BCUT2D eigenvalue weighted by molar-refractivity contribution is 6.18. The van der Waals surface area contributed by atoms with Crippen LogP contribution in [0.5, 0.6) is 0 Å². The van der Waals surface area contributed by atoms with E-state index in [2.05, 4.69) is 15.3 Å². The molecule has 5 N–H and O–H groups in total. The van der Waals surface area contributed by atoms with E-state index in [1.807, 2.05) is 41.8 Å². The number of imidazole rings is 1. The van der Waals surface area contributed by atoms with Gasteiger partial charge in [0.25, 0.3) is 0 Å². The minimum absolute atomic E-state index is 0.258. The highest BCUT2D eigenvalue weighted by Crippen LogP contribution is 2.27. The molecule has 132 valence electrons. The summed E-state index contributed by atoms with van der Waals surface area (Å²) in [7, 11) is 0. The number of aryl methyl sites for hydroxylation is 1. The number of nitrogens with two attached hydrogens (primary N) is 2. The topological polar surface area (TPSA) is 94.2 Å². The van der Waals surface area contributed by atoms with Crippen molar-refractivity contribution in [1.82, 2.24) is 14.9 Å². The van der Waals surface area contributed by atoms with Gasteiger partial charge in [-0.25, -0.2) is 14.4 Å². The van der Waals surface area contributed by atoms with Crippen LogP contribution in [0.25, 0.3) is 16.7 Å². The fourth-order valence-electron chi connectivity index (χ4n) is 3.16. The predicted molar refractivity (Wildman–Crippen MR) is 100 cm³/mol. The van der Waals surface area contributed by atoms with Gasteiger partial charge in [0, 0.05) is 24.3 Å². The molecule has 0 bridgehead atoms. The number of hydrogen-bond acceptors (Lipinski definition) is 5. The predicted octanol–water partition coefficient (Wildman–Crippen LogP) is 2.27. The van der Waals surface area contributed by atoms with E-state index in [4.69, 9.17) is 11.5 Å². The lowest BCUT2D eigenvalue weighted by Crippen LogP contribution is -2.50. The van der Waals surface area contributed by atoms with Gasteiger partial charge >= 0.3 is 0 Å². The number of fused-ring (bicyclic) bond motifs is 1. The third-order valence-corrected chi connectivity index (χ3v) is 4.45. The van der Waals surface area contributed by atoms with E-state index in [0.717, 1.165) is 11.4 Å². The van der Waals surface area contributed by atoms with Gasteiger partial charge in [0.1, 0.15) is 23.2 Å². The average molecular weight is 350 g/mol. The largest absolute Gasteiger partial charge is 0.382 e. The van der Waals surface area contributed by atoms with Crippen molar-refractivity contribution < 1.29 is 4.39 Å². The van der Waals surface area contributed by atoms with E-state index in [9.17, 15) is 4.39 Å². The lowest BCUT2D eigenvalue weighted by molar-refractivity contribution is 0.410. The second-order valence-electron chi connectivity index (χ2n) is 6.15. The van der Waals surface area contributed by atoms with Crippen LogP contribution < -0.4 is 16.8 Å². The van der Waals surface area contributed by atoms with Crippen molar-refractivity contribution in [2.24, 2.45) is 16.5 Å². The molecule has 1 aliphatic heterocycles. The monoisotopic (exact) mass is 350 g/mol. The van der Waals surface area contributed by atoms with Crippen LogP contribution in [0.15, 0.2) is 59.7 Å². The van der Waals surface area contributed by atoms with Gasteiger partial charge in [0.15, 0.2) is 0 Å². The molecule has 0 radical (unpaired) electrons. The Hall–Kier alpha value is -3.19. The van der Waals surface area contributed by atoms with Gasteiger partial charge in [0.2, 0.25) is 5.79 Å². The highest BCUT2D eigenvalue weighted by Gasteiger charge is 2.30. The van der Waals surface area contributed by atoms with Crippen molar-refractivity contribution >= 4 is 22.6 Å². The van der Waals surface area contributed by atoms with Crippen molar-refractivity contribution in [3.05, 3.63) is 71.9 Å². The van der Waals surface area contributed by atoms with Crippen molar-refractivity contribution in [3.8, 4) is 0 Å². The Kier molecular flexibility index (Phi) is 3.73. The van der Waals surface area contributed by atoms with E-state index in [-0.39, 0.29) is 11.7 Å². The smallest absolute Gasteiger partial charge is 0.211 e. The molecule has 1 aliphatic rings. The van der Waals surface area contributed by atoms with Crippen molar-refractivity contribution in [1.29, 1.82) is 0 Å². The zero-order chi connectivity index (χ0) is 18.3. The van der Waals surface area contributed by atoms with Crippen LogP contribution in [-0.4, -0.2) is 15.4 Å². The standard InChI is InChI=1S/C19H19FN6/c1-2-17-24-14-9-8-13(20)10-15(14)26(17)16-11-23-19(22,25-18(16)21)12-6-4-3-5-7-12/h3-11,23H,2,22H2,1H3,(H2,21,25). The third kappa shape index (κ3) is 2.53. The van der Waals surface area contributed by atoms with Gasteiger partial charge in [-0.15, -0.1) is 0 Å². The number of aliphatic imine (C=N–C) groups is 1. The maximum atomic E-state index is 13.8. The molecule has 6 nitrogen and oxygen atoms in total. The van der Waals surface area contributed by atoms with Crippen LogP contribution >= 0.6 is 0 Å². The number of amidine groups is 1. The maximum absolute atomic E-state index is 13.8. The average Bonchev–Trinajstić information content (AvgIpc) is 3.00. The molecule has 0 spiro atoms. The number of benzene rings is 2. The molecule has 0 saturated heterocycles. The Morgan fingerprint density at radius 1 is 1.19 bits per heavy atom. The van der Waals surface area contributed by atoms with E-state index >= 15 is 0 Å². The summed E-state index contributed by atoms with van der Waals surface area (Å²) in [6.07, 6.45) is 2.37. The molecule has 1 atom stereocenters. The lowest BCUT2D eigenvalue weighted by Gasteiger charge is -2.31. The van der Waals surface area contributed by atoms with E-state index in [1.54, 1.807) is 12.3 Å². The van der Waals surface area contributed by atoms with Crippen LogP contribution in [-0.2, 0) is 12.2 Å². The van der Waals surface area contributed by atoms with Gasteiger partial charge < -0.3 is 11.1 Å². The summed E-state index contributed by atoms with van der Waals surface area (Å²) in [6.45, 7) is 1.98. The first-order chi connectivity index (χ1) is 12.5. The zero-order valence-electron chi connectivity index (χ0n) is 14.3. The Morgan fingerprint density at radius 2 is 1.96 bits per heavy atom. The molecule has 2 heterocycles. The van der Waals surface area contributed by atoms with Crippen LogP contribution in [0.4, 0.5) is 4.39 Å². The summed E-state index contributed by atoms with van der Waals surface area (Å²) in [4.78, 5) is 9.04. The molecule has 0 saturated carbocycles. The number of nitrogens with zero attached hydrogens (tertiary/aromatic N) is 3. The van der Waals surface area contributed by atoms with E-state index in [1.165, 1.54) is 12.1 Å². The van der Waals surface area contributed by atoms with Crippen LogP contribution in [0, 0.1) is 5.82 Å². The van der Waals surface area contributed by atoms with Crippen LogP contribution in [0.2, 0.25) is 0 Å². The lowest BCUT2D eigenvalue weighted by atomic mass is 10.1. The minimum Gasteiger partial charge on any atom is -0.382 e. The summed E-state index contributed by atoms with van der Waals surface area (Å²) in [5.74, 6) is -0.462. The number of halogens is 1. The van der Waals surface area contributed by atoms with Gasteiger partial charge in [-0.1, -0.05) is 37.3 Å². The van der Waals surface area contributed by atoms with Gasteiger partial charge in [-0.3, -0.25) is 10.3 Å². The maximum Gasteiger partial charge on any atom is 0.211 e. The quantitative estimate of drug-likeness (QED) is 0.675. The number of aromatic nitrogens is 2. The Labute approximate surface area is 150 Å². The third-order valence-electron chi connectivity index (χ3n) is 4.45. The van der Waals surface area contributed by atoms with E-state index in [0.29, 0.717) is 23.2 Å². The summed E-state index contributed by atoms with van der Waals surface area (Å²) >= 11 is 0. The van der Waals surface area contributed by atoms with Crippen LogP contribution in [0.1, 0.15) is 18.3 Å². The van der Waals surface area contributed by atoms with Gasteiger partial charge in [0.05, 0.1) is 11.0 Å². The molecule has 3 aromatic rings. The molecule has 2 aromatic carbocycles. The second-order valence-corrected chi connectivity index (χ2v) is 6.15. The molecule has 0 aliphatic carbocycles. The number of nitrogens with one attached hydrogen (secondary N) is 1. The summed E-state index contributed by atoms with van der Waals surface area (Å²) in [6, 6.07) is 13.9. The molecular formula is C19H19FN6. The second kappa shape index (κ2) is 5.96.